The van der Waals surface area contributed by atoms with Crippen molar-refractivity contribution >= 4 is 5.97 Å². The van der Waals surface area contributed by atoms with E-state index in [1.54, 1.807) is 0 Å². The van der Waals surface area contributed by atoms with Crippen molar-refractivity contribution in [1.82, 2.24) is 5.32 Å². The Morgan fingerprint density at radius 1 is 1.58 bits per heavy atom. The first-order valence-corrected chi connectivity index (χ1v) is 3.79. The van der Waals surface area contributed by atoms with Crippen molar-refractivity contribution in [3.05, 3.63) is 0 Å². The third-order valence-electron chi connectivity index (χ3n) is 1.36. The average Bonchev–Trinajstić information content (AvgIpc) is 1.97. The van der Waals surface area contributed by atoms with E-state index in [0.717, 1.165) is 6.42 Å². The first-order chi connectivity index (χ1) is 5.22. The molecule has 12 heavy (non-hydrogen) atoms. The Labute approximate surface area is 84.2 Å². The van der Waals surface area contributed by atoms with Crippen LogP contribution in [0.1, 0.15) is 19.8 Å². The number of aliphatic hydroxyl groups excluding tert-OH is 1. The first-order valence-electron chi connectivity index (χ1n) is 3.79. The number of carboxylic acid groups (broad SMARTS) is 1. The SMILES string of the molecule is CCCN[C@@H](CCO)C(=O)O.[V]. The molecule has 0 unspecified atom stereocenters. The van der Waals surface area contributed by atoms with E-state index in [-0.39, 0.29) is 31.6 Å². The number of nitrogens with one attached hydrogen (secondary N) is 1. The molecular formula is C7H15NO3V. The third-order valence-corrected chi connectivity index (χ3v) is 1.36. The smallest absolute Gasteiger partial charge is 0.320 e. The van der Waals surface area contributed by atoms with Crippen molar-refractivity contribution in [2.24, 2.45) is 0 Å². The predicted octanol–water partition coefficient (Wildman–Crippen LogP) is -0.181. The Bertz CT molecular complexity index is 121. The molecule has 4 nitrogen and oxygen atoms in total. The van der Waals surface area contributed by atoms with Crippen LogP contribution in [0.15, 0.2) is 0 Å². The second-order valence-electron chi connectivity index (χ2n) is 2.36. The van der Waals surface area contributed by atoms with Crippen LogP contribution in [0.25, 0.3) is 0 Å². The summed E-state index contributed by atoms with van der Waals surface area (Å²) in [7, 11) is 0. The molecule has 0 aliphatic heterocycles. The van der Waals surface area contributed by atoms with Gasteiger partial charge in [-0.25, -0.2) is 0 Å². The van der Waals surface area contributed by atoms with E-state index in [1.807, 2.05) is 6.92 Å². The molecule has 0 saturated heterocycles. The van der Waals surface area contributed by atoms with Gasteiger partial charge in [0.1, 0.15) is 6.04 Å². The maximum Gasteiger partial charge on any atom is 0.320 e. The van der Waals surface area contributed by atoms with Crippen LogP contribution in [0.5, 0.6) is 0 Å². The molecular weight excluding hydrogens is 197 g/mol. The Kier molecular flexibility index (Phi) is 11.0. The fraction of sp³-hybridized carbons (Fsp3) is 0.857. The largest absolute Gasteiger partial charge is 0.480 e. The molecule has 0 fully saturated rings. The minimum absolute atomic E-state index is 0. The molecule has 0 rings (SSSR count). The molecule has 0 aromatic heterocycles. The molecule has 0 aliphatic carbocycles. The fourth-order valence-corrected chi connectivity index (χ4v) is 0.761. The Morgan fingerprint density at radius 3 is 2.50 bits per heavy atom. The standard InChI is InChI=1S/C7H15NO3.V/c1-2-4-8-6(3-5-9)7(10)11;/h6,8-9H,2-5H2,1H3,(H,10,11);/t6-;/m0./s1. The molecule has 1 atom stereocenters. The van der Waals surface area contributed by atoms with E-state index in [9.17, 15) is 4.79 Å². The number of aliphatic carboxylic acids is 1. The summed E-state index contributed by atoms with van der Waals surface area (Å²) in [5.74, 6) is -0.896. The van der Waals surface area contributed by atoms with Crippen LogP contribution in [0.3, 0.4) is 0 Å². The van der Waals surface area contributed by atoms with Crippen molar-refractivity contribution < 1.29 is 33.6 Å². The van der Waals surface area contributed by atoms with Gasteiger partial charge in [-0.05, 0) is 19.4 Å². The summed E-state index contributed by atoms with van der Waals surface area (Å²) in [4.78, 5) is 10.4. The van der Waals surface area contributed by atoms with Gasteiger partial charge in [0.25, 0.3) is 0 Å². The van der Waals surface area contributed by atoms with Crippen LogP contribution < -0.4 is 5.32 Å². The summed E-state index contributed by atoms with van der Waals surface area (Å²) in [5.41, 5.74) is 0. The Hall–Kier alpha value is -0.0256. The summed E-state index contributed by atoms with van der Waals surface area (Å²) >= 11 is 0. The quantitative estimate of drug-likeness (QED) is 0.571. The summed E-state index contributed by atoms with van der Waals surface area (Å²) < 4.78 is 0. The van der Waals surface area contributed by atoms with E-state index in [0.29, 0.717) is 6.54 Å². The van der Waals surface area contributed by atoms with Gasteiger partial charge in [0, 0.05) is 25.2 Å². The van der Waals surface area contributed by atoms with Crippen LogP contribution >= 0.6 is 0 Å². The number of carbonyl (C=O) groups is 1. The van der Waals surface area contributed by atoms with Gasteiger partial charge in [0.15, 0.2) is 0 Å². The number of carboxylic acids is 1. The van der Waals surface area contributed by atoms with Gasteiger partial charge in [0.2, 0.25) is 0 Å². The maximum atomic E-state index is 10.4. The zero-order valence-electron chi connectivity index (χ0n) is 7.16. The van der Waals surface area contributed by atoms with E-state index in [2.05, 4.69) is 5.32 Å². The van der Waals surface area contributed by atoms with Crippen molar-refractivity contribution in [1.29, 1.82) is 0 Å². The summed E-state index contributed by atoms with van der Waals surface area (Å²) in [5, 5.41) is 19.8. The van der Waals surface area contributed by atoms with E-state index < -0.39 is 12.0 Å². The van der Waals surface area contributed by atoms with E-state index in [1.165, 1.54) is 0 Å². The monoisotopic (exact) mass is 212 g/mol. The summed E-state index contributed by atoms with van der Waals surface area (Å²) in [6.07, 6.45) is 1.17. The number of aliphatic hydroxyl groups is 1. The summed E-state index contributed by atoms with van der Waals surface area (Å²) in [6.45, 7) is 2.55. The molecule has 0 saturated carbocycles. The predicted molar refractivity (Wildman–Crippen MR) is 41.4 cm³/mol. The zero-order valence-corrected chi connectivity index (χ0v) is 8.55. The van der Waals surface area contributed by atoms with E-state index >= 15 is 0 Å². The summed E-state index contributed by atoms with van der Waals surface area (Å²) in [6, 6.07) is -0.597. The Balaban J connectivity index is 0. The molecule has 0 amide bonds. The molecule has 0 spiro atoms. The third kappa shape index (κ3) is 6.67. The van der Waals surface area contributed by atoms with Gasteiger partial charge in [0.05, 0.1) is 0 Å². The minimum atomic E-state index is -0.896. The number of hydrogen-bond acceptors (Lipinski definition) is 3. The second-order valence-corrected chi connectivity index (χ2v) is 2.36. The molecule has 3 N–H and O–H groups in total. The fourth-order valence-electron chi connectivity index (χ4n) is 0.761. The molecule has 71 valence electrons. The van der Waals surface area contributed by atoms with Crippen molar-refractivity contribution in [2.75, 3.05) is 13.2 Å². The van der Waals surface area contributed by atoms with Gasteiger partial charge in [-0.3, -0.25) is 4.79 Å². The molecule has 5 heteroatoms. The van der Waals surface area contributed by atoms with Crippen molar-refractivity contribution in [3.8, 4) is 0 Å². The van der Waals surface area contributed by atoms with E-state index in [4.69, 9.17) is 10.2 Å². The van der Waals surface area contributed by atoms with Crippen LogP contribution in [-0.2, 0) is 23.4 Å². The minimum Gasteiger partial charge on any atom is -0.480 e. The van der Waals surface area contributed by atoms with Gasteiger partial charge >= 0.3 is 5.97 Å². The number of rotatable bonds is 6. The van der Waals surface area contributed by atoms with Crippen LogP contribution in [0, 0.1) is 0 Å². The molecule has 0 heterocycles. The van der Waals surface area contributed by atoms with Gasteiger partial charge < -0.3 is 15.5 Å². The average molecular weight is 212 g/mol. The zero-order chi connectivity index (χ0) is 8.69. The second kappa shape index (κ2) is 9.07. The number of hydrogen-bond donors (Lipinski definition) is 3. The molecule has 0 aromatic rings. The van der Waals surface area contributed by atoms with Crippen LogP contribution in [-0.4, -0.2) is 35.4 Å². The van der Waals surface area contributed by atoms with Crippen LogP contribution in [0.2, 0.25) is 0 Å². The molecule has 0 aromatic carbocycles. The molecule has 0 bridgehead atoms. The normalized spacial score (nSPS) is 11.8. The van der Waals surface area contributed by atoms with Crippen molar-refractivity contribution in [2.45, 2.75) is 25.8 Å². The van der Waals surface area contributed by atoms with Gasteiger partial charge in [-0.15, -0.1) is 0 Å². The van der Waals surface area contributed by atoms with Gasteiger partial charge in [-0.2, -0.15) is 0 Å². The Morgan fingerprint density at radius 2 is 2.17 bits per heavy atom. The molecule has 1 radical (unpaired) electrons. The maximum absolute atomic E-state index is 10.4. The van der Waals surface area contributed by atoms with Gasteiger partial charge in [-0.1, -0.05) is 6.92 Å². The molecule has 0 aliphatic rings. The van der Waals surface area contributed by atoms with Crippen LogP contribution in [0.4, 0.5) is 0 Å². The van der Waals surface area contributed by atoms with Crippen molar-refractivity contribution in [3.63, 3.8) is 0 Å². The topological polar surface area (TPSA) is 69.6 Å². The first kappa shape index (κ1) is 14.5.